The normalized spacial score (nSPS) is 15.1. The molecule has 1 aliphatic heterocycles. The first-order valence-corrected chi connectivity index (χ1v) is 19.4. The van der Waals surface area contributed by atoms with Gasteiger partial charge in [-0.25, -0.2) is 9.98 Å². The second-order valence-electron chi connectivity index (χ2n) is 14.9. The van der Waals surface area contributed by atoms with Crippen LogP contribution in [0, 0.1) is 0 Å². The molecule has 0 saturated carbocycles. The van der Waals surface area contributed by atoms with Gasteiger partial charge in [0.25, 0.3) is 0 Å². The summed E-state index contributed by atoms with van der Waals surface area (Å²) in [5, 5.41) is 4.78. The van der Waals surface area contributed by atoms with E-state index in [9.17, 15) is 0 Å². The summed E-state index contributed by atoms with van der Waals surface area (Å²) in [5.74, 6) is 0.654. The first kappa shape index (κ1) is 31.2. The smallest absolute Gasteiger partial charge is 0.235 e. The van der Waals surface area contributed by atoms with E-state index in [1.165, 1.54) is 60.5 Å². The van der Waals surface area contributed by atoms with Crippen LogP contribution in [0.25, 0.3) is 60.7 Å². The summed E-state index contributed by atoms with van der Waals surface area (Å²) in [6.45, 7) is 0. The number of benzene rings is 7. The highest BCUT2D eigenvalue weighted by Gasteiger charge is 2.54. The van der Waals surface area contributed by atoms with Gasteiger partial charge in [0.15, 0.2) is 0 Å². The maximum absolute atomic E-state index is 5.66. The highest BCUT2D eigenvalue weighted by atomic mass is 15.2. The van der Waals surface area contributed by atoms with Crippen LogP contribution in [0.5, 0.6) is 0 Å². The van der Waals surface area contributed by atoms with Crippen LogP contribution in [0.4, 0.5) is 0 Å². The SMILES string of the molecule is C1=C(c2ccccc2)N=C(n2c3ccccc3c3c4ccccc4c4c(c32)C2(c3ccccc3-c3ccccc32)c2cccnc2-4)N=C(c2ccccc2)CC1. The summed E-state index contributed by atoms with van der Waals surface area (Å²) in [6.07, 6.45) is 5.86. The molecule has 56 heavy (non-hydrogen) atoms. The zero-order chi connectivity index (χ0) is 36.8. The molecule has 1 spiro atoms. The van der Waals surface area contributed by atoms with Crippen molar-refractivity contribution in [1.82, 2.24) is 9.55 Å². The second kappa shape index (κ2) is 11.9. The monoisotopic (exact) mass is 714 g/mol. The lowest BCUT2D eigenvalue weighted by atomic mass is 9.70. The Morgan fingerprint density at radius 2 is 1.12 bits per heavy atom. The lowest BCUT2D eigenvalue weighted by Crippen LogP contribution is -2.27. The van der Waals surface area contributed by atoms with Gasteiger partial charge in [-0.15, -0.1) is 0 Å². The van der Waals surface area contributed by atoms with Gasteiger partial charge >= 0.3 is 0 Å². The van der Waals surface area contributed by atoms with E-state index in [1.54, 1.807) is 0 Å². The van der Waals surface area contributed by atoms with E-state index < -0.39 is 5.41 Å². The molecule has 0 bridgehead atoms. The fourth-order valence-electron chi connectivity index (χ4n) is 10.0. The van der Waals surface area contributed by atoms with Gasteiger partial charge in [-0.3, -0.25) is 9.55 Å². The molecular formula is C52H34N4. The maximum atomic E-state index is 5.66. The van der Waals surface area contributed by atoms with Crippen LogP contribution < -0.4 is 0 Å². The number of aromatic nitrogens is 2. The number of para-hydroxylation sites is 1. The fourth-order valence-corrected chi connectivity index (χ4v) is 10.0. The Bertz CT molecular complexity index is 3140. The summed E-state index contributed by atoms with van der Waals surface area (Å²) >= 11 is 0. The molecule has 0 N–H and O–H groups in total. The molecule has 4 heteroatoms. The lowest BCUT2D eigenvalue weighted by Gasteiger charge is -2.31. The molecule has 2 aromatic heterocycles. The number of fused-ring (bicyclic) bond motifs is 17. The molecule has 2 aliphatic carbocycles. The Balaban J connectivity index is 1.32. The van der Waals surface area contributed by atoms with Crippen LogP contribution >= 0.6 is 0 Å². The number of pyridine rings is 1. The van der Waals surface area contributed by atoms with Crippen molar-refractivity contribution in [3.8, 4) is 22.4 Å². The van der Waals surface area contributed by atoms with Gasteiger partial charge in [0, 0.05) is 28.1 Å². The van der Waals surface area contributed by atoms with E-state index >= 15 is 0 Å². The van der Waals surface area contributed by atoms with Gasteiger partial charge in [-0.2, -0.15) is 0 Å². The molecule has 4 nitrogen and oxygen atoms in total. The van der Waals surface area contributed by atoms with Crippen LogP contribution in [-0.2, 0) is 5.41 Å². The van der Waals surface area contributed by atoms with Gasteiger partial charge in [0.2, 0.25) is 5.96 Å². The molecule has 7 aromatic carbocycles. The number of rotatable bonds is 2. The first-order chi connectivity index (χ1) is 27.8. The minimum absolute atomic E-state index is 0.632. The highest BCUT2D eigenvalue weighted by Crippen LogP contribution is 2.65. The number of hydrogen-bond donors (Lipinski definition) is 0. The maximum Gasteiger partial charge on any atom is 0.235 e. The third-order valence-electron chi connectivity index (χ3n) is 12.2. The average Bonchev–Trinajstić information content (AvgIpc) is 3.87. The standard InChI is InChI=1S/C52H34N4/c1-3-17-33(18-4-1)43-29-15-30-44(34-19-5-2-6-20-34)55-51(54-43)56-45-31-14-11-25-39(45)46-37-23-7-8-24-38(37)47-48(50(46)56)52(42-28-16-32-53-49(42)47)40-26-12-9-21-35(40)36-22-10-13-27-41(36)52/h1-14,16-29,31-32H,15,30H2. The van der Waals surface area contributed by atoms with E-state index in [0.717, 1.165) is 52.1 Å². The van der Waals surface area contributed by atoms with Crippen molar-refractivity contribution in [2.75, 3.05) is 0 Å². The first-order valence-electron chi connectivity index (χ1n) is 19.4. The molecule has 0 unspecified atom stereocenters. The lowest BCUT2D eigenvalue weighted by molar-refractivity contribution is 0.795. The van der Waals surface area contributed by atoms with Crippen LogP contribution in [0.3, 0.4) is 0 Å². The molecular weight excluding hydrogens is 681 g/mol. The van der Waals surface area contributed by atoms with Gasteiger partial charge in [0.05, 0.1) is 33.6 Å². The molecule has 0 fully saturated rings. The van der Waals surface area contributed by atoms with Gasteiger partial charge < -0.3 is 0 Å². The van der Waals surface area contributed by atoms with E-state index in [1.807, 2.05) is 6.20 Å². The number of hydrogen-bond acceptors (Lipinski definition) is 3. The van der Waals surface area contributed by atoms with Crippen LogP contribution in [0.2, 0.25) is 0 Å². The third-order valence-corrected chi connectivity index (χ3v) is 12.2. The van der Waals surface area contributed by atoms with E-state index in [4.69, 9.17) is 15.0 Å². The molecule has 262 valence electrons. The average molecular weight is 715 g/mol. The highest BCUT2D eigenvalue weighted by molar-refractivity contribution is 6.29. The minimum Gasteiger partial charge on any atom is -0.278 e. The van der Waals surface area contributed by atoms with Crippen molar-refractivity contribution >= 4 is 49.9 Å². The Morgan fingerprint density at radius 3 is 1.88 bits per heavy atom. The van der Waals surface area contributed by atoms with E-state index in [0.29, 0.717) is 5.96 Å². The Morgan fingerprint density at radius 1 is 0.518 bits per heavy atom. The van der Waals surface area contributed by atoms with Crippen molar-refractivity contribution in [2.24, 2.45) is 9.98 Å². The number of aliphatic imine (C=N–C) groups is 2. The predicted molar refractivity (Wildman–Crippen MR) is 231 cm³/mol. The zero-order valence-corrected chi connectivity index (χ0v) is 30.5. The molecule has 0 atom stereocenters. The summed E-state index contributed by atoms with van der Waals surface area (Å²) < 4.78 is 2.39. The van der Waals surface area contributed by atoms with Crippen LogP contribution in [0.1, 0.15) is 46.2 Å². The van der Waals surface area contributed by atoms with E-state index in [2.05, 4.69) is 181 Å². The number of allylic oxidation sites excluding steroid dienone is 1. The Labute approximate surface area is 324 Å². The fraction of sp³-hybridized carbons (Fsp3) is 0.0577. The summed E-state index contributed by atoms with van der Waals surface area (Å²) in [6, 6.07) is 61.3. The summed E-state index contributed by atoms with van der Waals surface area (Å²) in [4.78, 5) is 16.5. The molecule has 3 heterocycles. The van der Waals surface area contributed by atoms with Crippen LogP contribution in [0.15, 0.2) is 192 Å². The predicted octanol–water partition coefficient (Wildman–Crippen LogP) is 12.2. The van der Waals surface area contributed by atoms with Crippen LogP contribution in [-0.4, -0.2) is 21.2 Å². The summed E-state index contributed by atoms with van der Waals surface area (Å²) in [7, 11) is 0. The topological polar surface area (TPSA) is 42.5 Å². The number of nitrogens with zero attached hydrogens (tertiary/aromatic N) is 4. The van der Waals surface area contributed by atoms with E-state index in [-0.39, 0.29) is 0 Å². The Hall–Kier alpha value is -7.17. The largest absolute Gasteiger partial charge is 0.278 e. The van der Waals surface area contributed by atoms with Gasteiger partial charge in [0.1, 0.15) is 0 Å². The molecule has 3 aliphatic rings. The molecule has 0 saturated heterocycles. The second-order valence-corrected chi connectivity index (χ2v) is 14.9. The Kier molecular flexibility index (Phi) is 6.64. The van der Waals surface area contributed by atoms with Gasteiger partial charge in [-0.1, -0.05) is 164 Å². The minimum atomic E-state index is -0.632. The molecule has 0 amide bonds. The summed E-state index contributed by atoms with van der Waals surface area (Å²) in [5.41, 5.74) is 15.4. The van der Waals surface area contributed by atoms with Crippen molar-refractivity contribution < 1.29 is 0 Å². The molecule has 12 rings (SSSR count). The van der Waals surface area contributed by atoms with Crippen molar-refractivity contribution in [3.05, 3.63) is 216 Å². The van der Waals surface area contributed by atoms with Gasteiger partial charge in [-0.05, 0) is 74.7 Å². The quantitative estimate of drug-likeness (QED) is 0.176. The van der Waals surface area contributed by atoms with Crippen molar-refractivity contribution in [1.29, 1.82) is 0 Å². The van der Waals surface area contributed by atoms with Crippen molar-refractivity contribution in [2.45, 2.75) is 18.3 Å². The van der Waals surface area contributed by atoms with Crippen molar-refractivity contribution in [3.63, 3.8) is 0 Å². The zero-order valence-electron chi connectivity index (χ0n) is 30.5. The molecule has 9 aromatic rings. The third kappa shape index (κ3) is 4.16. The molecule has 0 radical (unpaired) electrons.